The van der Waals surface area contributed by atoms with Crippen molar-refractivity contribution in [3.05, 3.63) is 42.0 Å². The van der Waals surface area contributed by atoms with Gasteiger partial charge in [-0.25, -0.2) is 0 Å². The van der Waals surface area contributed by atoms with Crippen molar-refractivity contribution in [2.75, 3.05) is 19.4 Å². The molecule has 4 nitrogen and oxygen atoms in total. The first-order chi connectivity index (χ1) is 10.0. The highest BCUT2D eigenvalue weighted by molar-refractivity contribution is 5.97. The van der Waals surface area contributed by atoms with Crippen LogP contribution in [0.3, 0.4) is 0 Å². The third-order valence-electron chi connectivity index (χ3n) is 4.40. The van der Waals surface area contributed by atoms with Gasteiger partial charge in [-0.3, -0.25) is 9.59 Å². The summed E-state index contributed by atoms with van der Waals surface area (Å²) < 4.78 is 0. The van der Waals surface area contributed by atoms with Crippen LogP contribution in [0.1, 0.15) is 23.2 Å². The van der Waals surface area contributed by atoms with E-state index in [1.165, 1.54) is 4.90 Å². The first-order valence-electron chi connectivity index (χ1n) is 7.35. The van der Waals surface area contributed by atoms with Crippen LogP contribution >= 0.6 is 0 Å². The Morgan fingerprint density at radius 2 is 2.00 bits per heavy atom. The second kappa shape index (κ2) is 5.35. The summed E-state index contributed by atoms with van der Waals surface area (Å²) in [5.41, 5.74) is 1.28. The molecule has 0 saturated heterocycles. The molecule has 4 heteroatoms. The van der Waals surface area contributed by atoms with Gasteiger partial charge in [0, 0.05) is 31.3 Å². The summed E-state index contributed by atoms with van der Waals surface area (Å²) in [6, 6.07) is 7.13. The lowest BCUT2D eigenvalue weighted by atomic mass is 9.93. The third-order valence-corrected chi connectivity index (χ3v) is 4.40. The second-order valence-electron chi connectivity index (χ2n) is 6.16. The van der Waals surface area contributed by atoms with Gasteiger partial charge in [-0.1, -0.05) is 18.2 Å². The van der Waals surface area contributed by atoms with Crippen LogP contribution < -0.4 is 5.32 Å². The van der Waals surface area contributed by atoms with Gasteiger partial charge in [-0.05, 0) is 42.9 Å². The number of rotatable bonds is 3. The van der Waals surface area contributed by atoms with Crippen molar-refractivity contribution in [1.82, 2.24) is 4.90 Å². The standard InChI is InChI=1S/C17H20N2O2/c1-19(2)17(21)13-4-3-5-14(10-13)18-16(20)15-9-11-6-7-12(15)8-11/h3-7,10-12,15H,8-9H2,1-2H3,(H,18,20). The minimum absolute atomic E-state index is 0.0612. The first kappa shape index (κ1) is 13.9. The molecule has 0 aromatic heterocycles. The number of hydrogen-bond donors (Lipinski definition) is 1. The van der Waals surface area contributed by atoms with E-state index in [0.717, 1.165) is 12.8 Å². The lowest BCUT2D eigenvalue weighted by molar-refractivity contribution is -0.120. The van der Waals surface area contributed by atoms with Crippen LogP contribution in [-0.2, 0) is 4.79 Å². The van der Waals surface area contributed by atoms with E-state index in [-0.39, 0.29) is 17.7 Å². The quantitative estimate of drug-likeness (QED) is 0.867. The van der Waals surface area contributed by atoms with Crippen LogP contribution in [0.5, 0.6) is 0 Å². The zero-order valence-electron chi connectivity index (χ0n) is 12.4. The highest BCUT2D eigenvalue weighted by atomic mass is 16.2. The third kappa shape index (κ3) is 2.71. The van der Waals surface area contributed by atoms with Gasteiger partial charge < -0.3 is 10.2 Å². The molecule has 110 valence electrons. The number of nitrogens with one attached hydrogen (secondary N) is 1. The maximum Gasteiger partial charge on any atom is 0.253 e. The Morgan fingerprint density at radius 3 is 2.62 bits per heavy atom. The van der Waals surface area contributed by atoms with E-state index >= 15 is 0 Å². The Kier molecular flexibility index (Phi) is 3.53. The van der Waals surface area contributed by atoms with E-state index in [4.69, 9.17) is 0 Å². The number of amides is 2. The molecule has 1 fully saturated rings. The molecule has 2 aliphatic carbocycles. The fraction of sp³-hybridized carbons (Fsp3) is 0.412. The molecule has 3 rings (SSSR count). The molecule has 1 N–H and O–H groups in total. The second-order valence-corrected chi connectivity index (χ2v) is 6.16. The van der Waals surface area contributed by atoms with Crippen LogP contribution in [0, 0.1) is 17.8 Å². The molecule has 1 saturated carbocycles. The maximum atomic E-state index is 12.4. The smallest absolute Gasteiger partial charge is 0.253 e. The SMILES string of the molecule is CN(C)C(=O)c1cccc(NC(=O)C2CC3C=CC2C3)c1. The van der Waals surface area contributed by atoms with Crippen molar-refractivity contribution in [3.8, 4) is 0 Å². The monoisotopic (exact) mass is 284 g/mol. The highest BCUT2D eigenvalue weighted by Crippen LogP contribution is 2.43. The normalized spacial score (nSPS) is 25.9. The Hall–Kier alpha value is -2.10. The van der Waals surface area contributed by atoms with Gasteiger partial charge in [0.05, 0.1) is 0 Å². The van der Waals surface area contributed by atoms with Crippen molar-refractivity contribution >= 4 is 17.5 Å². The van der Waals surface area contributed by atoms with Gasteiger partial charge >= 0.3 is 0 Å². The van der Waals surface area contributed by atoms with Crippen molar-refractivity contribution in [2.24, 2.45) is 17.8 Å². The molecule has 0 spiro atoms. The van der Waals surface area contributed by atoms with Gasteiger partial charge in [-0.15, -0.1) is 0 Å². The zero-order valence-corrected chi connectivity index (χ0v) is 12.4. The first-order valence-corrected chi connectivity index (χ1v) is 7.35. The molecular weight excluding hydrogens is 264 g/mol. The lowest BCUT2D eigenvalue weighted by Gasteiger charge is -2.18. The Balaban J connectivity index is 1.70. The van der Waals surface area contributed by atoms with Gasteiger partial charge in [-0.2, -0.15) is 0 Å². The number of hydrogen-bond acceptors (Lipinski definition) is 2. The number of carbonyl (C=O) groups is 2. The minimum atomic E-state index is -0.0612. The highest BCUT2D eigenvalue weighted by Gasteiger charge is 2.39. The maximum absolute atomic E-state index is 12.4. The number of fused-ring (bicyclic) bond motifs is 2. The molecule has 1 aromatic rings. The number of benzene rings is 1. The van der Waals surface area contributed by atoms with Crippen LogP contribution in [0.2, 0.25) is 0 Å². The molecule has 2 aliphatic rings. The van der Waals surface area contributed by atoms with E-state index in [1.807, 2.05) is 6.07 Å². The fourth-order valence-electron chi connectivity index (χ4n) is 3.31. The van der Waals surface area contributed by atoms with E-state index in [9.17, 15) is 9.59 Å². The summed E-state index contributed by atoms with van der Waals surface area (Å²) in [6.45, 7) is 0. The molecule has 0 radical (unpaired) electrons. The zero-order chi connectivity index (χ0) is 15.0. The summed E-state index contributed by atoms with van der Waals surface area (Å²) in [6.07, 6.45) is 6.45. The van der Waals surface area contributed by atoms with Crippen molar-refractivity contribution in [3.63, 3.8) is 0 Å². The Bertz CT molecular complexity index is 607. The van der Waals surface area contributed by atoms with Gasteiger partial charge in [0.1, 0.15) is 0 Å². The lowest BCUT2D eigenvalue weighted by Crippen LogP contribution is -2.26. The number of nitrogens with zero attached hydrogens (tertiary/aromatic N) is 1. The topological polar surface area (TPSA) is 49.4 Å². The Morgan fingerprint density at radius 1 is 1.19 bits per heavy atom. The molecule has 1 aromatic carbocycles. The molecule has 0 aliphatic heterocycles. The van der Waals surface area contributed by atoms with Crippen LogP contribution in [0.4, 0.5) is 5.69 Å². The van der Waals surface area contributed by atoms with Gasteiger partial charge in [0.15, 0.2) is 0 Å². The van der Waals surface area contributed by atoms with Crippen LogP contribution in [0.15, 0.2) is 36.4 Å². The molecule has 0 heterocycles. The molecule has 2 amide bonds. The number of allylic oxidation sites excluding steroid dienone is 2. The molecule has 2 bridgehead atoms. The fourth-order valence-corrected chi connectivity index (χ4v) is 3.31. The molecule has 21 heavy (non-hydrogen) atoms. The summed E-state index contributed by atoms with van der Waals surface area (Å²) in [7, 11) is 3.43. The van der Waals surface area contributed by atoms with Crippen LogP contribution in [-0.4, -0.2) is 30.8 Å². The van der Waals surface area contributed by atoms with Crippen LogP contribution in [0.25, 0.3) is 0 Å². The van der Waals surface area contributed by atoms with Crippen molar-refractivity contribution < 1.29 is 9.59 Å². The van der Waals surface area contributed by atoms with Crippen molar-refractivity contribution in [2.45, 2.75) is 12.8 Å². The van der Waals surface area contributed by atoms with Gasteiger partial charge in [0.2, 0.25) is 5.91 Å². The minimum Gasteiger partial charge on any atom is -0.345 e. The predicted octanol–water partition coefficient (Wildman–Crippen LogP) is 2.54. The molecule has 3 atom stereocenters. The molecule has 3 unspecified atom stereocenters. The predicted molar refractivity (Wildman–Crippen MR) is 81.9 cm³/mol. The van der Waals surface area contributed by atoms with E-state index in [2.05, 4.69) is 17.5 Å². The largest absolute Gasteiger partial charge is 0.345 e. The summed E-state index contributed by atoms with van der Waals surface area (Å²) in [5.74, 6) is 1.05. The summed E-state index contributed by atoms with van der Waals surface area (Å²) in [5, 5.41) is 2.96. The van der Waals surface area contributed by atoms with E-state index in [1.54, 1.807) is 32.3 Å². The van der Waals surface area contributed by atoms with Gasteiger partial charge in [0.25, 0.3) is 5.91 Å². The average molecular weight is 284 g/mol. The molecular formula is C17H20N2O2. The van der Waals surface area contributed by atoms with E-state index < -0.39 is 0 Å². The number of carbonyl (C=O) groups excluding carboxylic acids is 2. The van der Waals surface area contributed by atoms with Crippen molar-refractivity contribution in [1.29, 1.82) is 0 Å². The van der Waals surface area contributed by atoms with E-state index in [0.29, 0.717) is 23.1 Å². The summed E-state index contributed by atoms with van der Waals surface area (Å²) in [4.78, 5) is 25.9. The number of anilines is 1. The Labute approximate surface area is 124 Å². The summed E-state index contributed by atoms with van der Waals surface area (Å²) >= 11 is 0. The average Bonchev–Trinajstić information content (AvgIpc) is 3.09.